The van der Waals surface area contributed by atoms with Gasteiger partial charge in [-0.25, -0.2) is 4.39 Å². The standard InChI is InChI=1S/C12H15FN2O2/c1-3-15(4-2)12(17)11(16)14-10-7-5-6-9(13)8-10/h5-8H,3-4H2,1-2H3,(H,14,16). The number of likely N-dealkylation sites (N-methyl/N-ethyl adjacent to an activating group) is 1. The molecule has 0 aliphatic carbocycles. The quantitative estimate of drug-likeness (QED) is 0.814. The van der Waals surface area contributed by atoms with Crippen molar-refractivity contribution in [1.82, 2.24) is 4.90 Å². The first kappa shape index (κ1) is 13.2. The lowest BCUT2D eigenvalue weighted by atomic mass is 10.3. The molecule has 0 bridgehead atoms. The summed E-state index contributed by atoms with van der Waals surface area (Å²) in [7, 11) is 0. The van der Waals surface area contributed by atoms with Crippen molar-refractivity contribution in [2.75, 3.05) is 18.4 Å². The van der Waals surface area contributed by atoms with E-state index in [2.05, 4.69) is 5.32 Å². The minimum Gasteiger partial charge on any atom is -0.335 e. The lowest BCUT2D eigenvalue weighted by Gasteiger charge is -2.17. The topological polar surface area (TPSA) is 49.4 Å². The van der Waals surface area contributed by atoms with Crippen molar-refractivity contribution >= 4 is 17.5 Å². The van der Waals surface area contributed by atoms with Crippen LogP contribution in [0.15, 0.2) is 24.3 Å². The van der Waals surface area contributed by atoms with E-state index in [1.807, 2.05) is 0 Å². The van der Waals surface area contributed by atoms with Crippen LogP contribution in [0.1, 0.15) is 13.8 Å². The van der Waals surface area contributed by atoms with Crippen LogP contribution in [-0.2, 0) is 9.59 Å². The zero-order valence-corrected chi connectivity index (χ0v) is 9.87. The molecule has 1 rings (SSSR count). The van der Waals surface area contributed by atoms with Crippen molar-refractivity contribution in [3.63, 3.8) is 0 Å². The molecule has 1 aromatic carbocycles. The summed E-state index contributed by atoms with van der Waals surface area (Å²) in [6.07, 6.45) is 0. The van der Waals surface area contributed by atoms with E-state index in [-0.39, 0.29) is 5.69 Å². The lowest BCUT2D eigenvalue weighted by molar-refractivity contribution is -0.142. The molecule has 0 atom stereocenters. The largest absolute Gasteiger partial charge is 0.335 e. The third kappa shape index (κ3) is 3.55. The summed E-state index contributed by atoms with van der Waals surface area (Å²) in [6.45, 7) is 4.51. The fraction of sp³-hybridized carbons (Fsp3) is 0.333. The number of hydrogen-bond donors (Lipinski definition) is 1. The van der Waals surface area contributed by atoms with E-state index < -0.39 is 17.6 Å². The van der Waals surface area contributed by atoms with Gasteiger partial charge >= 0.3 is 11.8 Å². The molecule has 1 N–H and O–H groups in total. The van der Waals surface area contributed by atoms with Gasteiger partial charge in [0.2, 0.25) is 0 Å². The molecule has 0 aliphatic rings. The second-order valence-electron chi connectivity index (χ2n) is 3.44. The van der Waals surface area contributed by atoms with Crippen LogP contribution >= 0.6 is 0 Å². The first-order valence-corrected chi connectivity index (χ1v) is 5.44. The Morgan fingerprint density at radius 3 is 2.47 bits per heavy atom. The number of anilines is 1. The summed E-state index contributed by atoms with van der Waals surface area (Å²) in [5.41, 5.74) is 0.274. The molecular formula is C12H15FN2O2. The number of carbonyl (C=O) groups is 2. The van der Waals surface area contributed by atoms with E-state index in [1.54, 1.807) is 13.8 Å². The minimum atomic E-state index is -0.751. The van der Waals surface area contributed by atoms with Gasteiger partial charge < -0.3 is 10.2 Å². The van der Waals surface area contributed by atoms with Crippen molar-refractivity contribution in [3.05, 3.63) is 30.1 Å². The molecule has 0 heterocycles. The summed E-state index contributed by atoms with van der Waals surface area (Å²) < 4.78 is 12.9. The molecule has 4 nitrogen and oxygen atoms in total. The number of nitrogens with one attached hydrogen (secondary N) is 1. The fourth-order valence-corrected chi connectivity index (χ4v) is 1.41. The van der Waals surface area contributed by atoms with Crippen LogP contribution in [0.5, 0.6) is 0 Å². The van der Waals surface area contributed by atoms with Gasteiger partial charge in [0.1, 0.15) is 5.82 Å². The molecule has 0 saturated carbocycles. The highest BCUT2D eigenvalue weighted by atomic mass is 19.1. The van der Waals surface area contributed by atoms with E-state index in [1.165, 1.54) is 23.1 Å². The second kappa shape index (κ2) is 5.98. The molecule has 1 aromatic rings. The molecule has 92 valence electrons. The monoisotopic (exact) mass is 238 g/mol. The summed E-state index contributed by atoms with van der Waals surface area (Å²) >= 11 is 0. The Balaban J connectivity index is 2.69. The molecular weight excluding hydrogens is 223 g/mol. The smallest absolute Gasteiger partial charge is 0.313 e. The molecule has 0 unspecified atom stereocenters. The zero-order chi connectivity index (χ0) is 12.8. The predicted octanol–water partition coefficient (Wildman–Crippen LogP) is 1.63. The molecule has 2 amide bonds. The van der Waals surface area contributed by atoms with Gasteiger partial charge in [-0.3, -0.25) is 9.59 Å². The number of halogens is 1. The van der Waals surface area contributed by atoms with Crippen molar-refractivity contribution < 1.29 is 14.0 Å². The number of benzene rings is 1. The van der Waals surface area contributed by atoms with Gasteiger partial charge in [0.25, 0.3) is 0 Å². The van der Waals surface area contributed by atoms with Gasteiger partial charge in [0.05, 0.1) is 0 Å². The predicted molar refractivity (Wildman–Crippen MR) is 63.0 cm³/mol. The Kier molecular flexibility index (Phi) is 4.63. The van der Waals surface area contributed by atoms with Gasteiger partial charge in [-0.2, -0.15) is 0 Å². The average Bonchev–Trinajstić information content (AvgIpc) is 2.30. The number of nitrogens with zero attached hydrogens (tertiary/aromatic N) is 1. The Morgan fingerprint density at radius 2 is 1.94 bits per heavy atom. The molecule has 0 saturated heterocycles. The van der Waals surface area contributed by atoms with E-state index in [9.17, 15) is 14.0 Å². The Hall–Kier alpha value is -1.91. The van der Waals surface area contributed by atoms with Crippen LogP contribution in [0.2, 0.25) is 0 Å². The Labute approximate surface area is 99.4 Å². The summed E-state index contributed by atoms with van der Waals surface area (Å²) in [4.78, 5) is 24.6. The highest BCUT2D eigenvalue weighted by molar-refractivity contribution is 6.39. The van der Waals surface area contributed by atoms with E-state index in [4.69, 9.17) is 0 Å². The van der Waals surface area contributed by atoms with E-state index in [0.29, 0.717) is 13.1 Å². The number of rotatable bonds is 3. The van der Waals surface area contributed by atoms with Gasteiger partial charge in [0, 0.05) is 18.8 Å². The van der Waals surface area contributed by atoms with Crippen molar-refractivity contribution in [1.29, 1.82) is 0 Å². The molecule has 0 aliphatic heterocycles. The lowest BCUT2D eigenvalue weighted by Crippen LogP contribution is -2.39. The average molecular weight is 238 g/mol. The van der Waals surface area contributed by atoms with Crippen molar-refractivity contribution in [2.45, 2.75) is 13.8 Å². The summed E-state index contributed by atoms with van der Waals surface area (Å²) in [6, 6.07) is 5.42. The van der Waals surface area contributed by atoms with Gasteiger partial charge in [-0.15, -0.1) is 0 Å². The second-order valence-corrected chi connectivity index (χ2v) is 3.44. The number of amides is 2. The SMILES string of the molecule is CCN(CC)C(=O)C(=O)Nc1cccc(F)c1. The molecule has 0 aromatic heterocycles. The van der Waals surface area contributed by atoms with Crippen LogP contribution < -0.4 is 5.32 Å². The van der Waals surface area contributed by atoms with Crippen LogP contribution in [-0.4, -0.2) is 29.8 Å². The third-order valence-corrected chi connectivity index (χ3v) is 2.33. The van der Waals surface area contributed by atoms with Crippen LogP contribution in [0.3, 0.4) is 0 Å². The van der Waals surface area contributed by atoms with E-state index >= 15 is 0 Å². The molecule has 17 heavy (non-hydrogen) atoms. The molecule has 0 spiro atoms. The molecule has 0 radical (unpaired) electrons. The highest BCUT2D eigenvalue weighted by Gasteiger charge is 2.19. The third-order valence-electron chi connectivity index (χ3n) is 2.33. The normalized spacial score (nSPS) is 9.82. The number of carbonyl (C=O) groups excluding carboxylic acids is 2. The maximum Gasteiger partial charge on any atom is 0.313 e. The number of hydrogen-bond acceptors (Lipinski definition) is 2. The van der Waals surface area contributed by atoms with Crippen LogP contribution in [0.25, 0.3) is 0 Å². The van der Waals surface area contributed by atoms with E-state index in [0.717, 1.165) is 6.07 Å². The zero-order valence-electron chi connectivity index (χ0n) is 9.87. The van der Waals surface area contributed by atoms with Crippen LogP contribution in [0, 0.1) is 5.82 Å². The van der Waals surface area contributed by atoms with Crippen LogP contribution in [0.4, 0.5) is 10.1 Å². The highest BCUT2D eigenvalue weighted by Crippen LogP contribution is 2.09. The van der Waals surface area contributed by atoms with Gasteiger partial charge in [-0.1, -0.05) is 6.07 Å². The maximum absolute atomic E-state index is 12.9. The summed E-state index contributed by atoms with van der Waals surface area (Å²) in [5.74, 6) is -1.82. The fourth-order valence-electron chi connectivity index (χ4n) is 1.41. The molecule has 0 fully saturated rings. The van der Waals surface area contributed by atoms with Gasteiger partial charge in [-0.05, 0) is 32.0 Å². The van der Waals surface area contributed by atoms with Crippen molar-refractivity contribution in [3.8, 4) is 0 Å². The van der Waals surface area contributed by atoms with Crippen molar-refractivity contribution in [2.24, 2.45) is 0 Å². The maximum atomic E-state index is 12.9. The first-order valence-electron chi connectivity index (χ1n) is 5.44. The first-order chi connectivity index (χ1) is 8.08. The van der Waals surface area contributed by atoms with Gasteiger partial charge in [0.15, 0.2) is 0 Å². The minimum absolute atomic E-state index is 0.274. The molecule has 5 heteroatoms. The summed E-state index contributed by atoms with van der Waals surface area (Å²) in [5, 5.41) is 2.36. The Morgan fingerprint density at radius 1 is 1.29 bits per heavy atom. The Bertz CT molecular complexity index is 417.